The van der Waals surface area contributed by atoms with E-state index < -0.39 is 5.54 Å². The van der Waals surface area contributed by atoms with E-state index in [9.17, 15) is 9.59 Å². The standard InChI is InChI=1S/C14H17ClN2O2S/c1-14(2)13(19)16-7-8-17(14)12(18)9-20-11-6-4-3-5-10(11)15/h3-6H,7-9H2,1-2H3,(H,16,19). The molecule has 1 saturated heterocycles. The van der Waals surface area contributed by atoms with E-state index in [-0.39, 0.29) is 17.6 Å². The van der Waals surface area contributed by atoms with E-state index in [0.717, 1.165) is 4.90 Å². The highest BCUT2D eigenvalue weighted by Crippen LogP contribution is 2.28. The van der Waals surface area contributed by atoms with Crippen LogP contribution in [0.15, 0.2) is 29.2 Å². The first-order chi connectivity index (χ1) is 9.43. The second-order valence-corrected chi connectivity index (χ2v) is 6.50. The summed E-state index contributed by atoms with van der Waals surface area (Å²) in [6.45, 7) is 4.57. The number of carbonyl (C=O) groups excluding carboxylic acids is 2. The molecule has 0 unspecified atom stereocenters. The molecular formula is C14H17ClN2O2S. The van der Waals surface area contributed by atoms with Crippen molar-refractivity contribution in [3.63, 3.8) is 0 Å². The zero-order valence-electron chi connectivity index (χ0n) is 11.5. The topological polar surface area (TPSA) is 49.4 Å². The van der Waals surface area contributed by atoms with Gasteiger partial charge < -0.3 is 10.2 Å². The zero-order valence-corrected chi connectivity index (χ0v) is 13.1. The van der Waals surface area contributed by atoms with Crippen LogP contribution in [0, 0.1) is 0 Å². The fourth-order valence-electron chi connectivity index (χ4n) is 2.12. The second-order valence-electron chi connectivity index (χ2n) is 5.08. The number of halogens is 1. The Balaban J connectivity index is 2.02. The van der Waals surface area contributed by atoms with Crippen LogP contribution in [0.3, 0.4) is 0 Å². The summed E-state index contributed by atoms with van der Waals surface area (Å²) in [7, 11) is 0. The molecule has 4 nitrogen and oxygen atoms in total. The van der Waals surface area contributed by atoms with Crippen LogP contribution in [-0.2, 0) is 9.59 Å². The summed E-state index contributed by atoms with van der Waals surface area (Å²) >= 11 is 7.46. The van der Waals surface area contributed by atoms with Crippen LogP contribution < -0.4 is 5.32 Å². The maximum Gasteiger partial charge on any atom is 0.245 e. The van der Waals surface area contributed by atoms with Gasteiger partial charge in [0.05, 0.1) is 10.8 Å². The molecule has 0 atom stereocenters. The van der Waals surface area contributed by atoms with Crippen molar-refractivity contribution in [2.45, 2.75) is 24.3 Å². The van der Waals surface area contributed by atoms with Crippen molar-refractivity contribution in [1.29, 1.82) is 0 Å². The Labute approximate surface area is 127 Å². The second kappa shape index (κ2) is 6.06. The molecular weight excluding hydrogens is 296 g/mol. The van der Waals surface area contributed by atoms with Gasteiger partial charge in [-0.2, -0.15) is 0 Å². The van der Waals surface area contributed by atoms with Gasteiger partial charge in [0.25, 0.3) is 0 Å². The van der Waals surface area contributed by atoms with Crippen molar-refractivity contribution < 1.29 is 9.59 Å². The fourth-order valence-corrected chi connectivity index (χ4v) is 3.23. The molecule has 6 heteroatoms. The Bertz CT molecular complexity index is 534. The highest BCUT2D eigenvalue weighted by atomic mass is 35.5. The number of nitrogens with one attached hydrogen (secondary N) is 1. The van der Waals surface area contributed by atoms with Crippen LogP contribution in [0.2, 0.25) is 5.02 Å². The largest absolute Gasteiger partial charge is 0.352 e. The Morgan fingerprint density at radius 2 is 2.15 bits per heavy atom. The zero-order chi connectivity index (χ0) is 14.8. The Hall–Kier alpha value is -1.20. The number of benzene rings is 1. The number of amides is 2. The van der Waals surface area contributed by atoms with Crippen molar-refractivity contribution in [2.24, 2.45) is 0 Å². The minimum atomic E-state index is -0.795. The number of rotatable bonds is 3. The lowest BCUT2D eigenvalue weighted by Gasteiger charge is -2.41. The summed E-state index contributed by atoms with van der Waals surface area (Å²) in [6, 6.07) is 7.42. The van der Waals surface area contributed by atoms with E-state index in [4.69, 9.17) is 11.6 Å². The maximum absolute atomic E-state index is 12.3. The third-order valence-corrected chi connectivity index (χ3v) is 4.84. The number of carbonyl (C=O) groups is 2. The summed E-state index contributed by atoms with van der Waals surface area (Å²) in [6.07, 6.45) is 0. The fraction of sp³-hybridized carbons (Fsp3) is 0.429. The molecule has 1 aliphatic rings. The third-order valence-electron chi connectivity index (χ3n) is 3.34. The highest BCUT2D eigenvalue weighted by molar-refractivity contribution is 8.00. The predicted octanol–water partition coefficient (Wildman–Crippen LogP) is 2.17. The molecule has 20 heavy (non-hydrogen) atoms. The van der Waals surface area contributed by atoms with Crippen LogP contribution in [-0.4, -0.2) is 41.1 Å². The average molecular weight is 313 g/mol. The first kappa shape index (κ1) is 15.2. The average Bonchev–Trinajstić information content (AvgIpc) is 2.40. The third kappa shape index (κ3) is 3.10. The van der Waals surface area contributed by atoms with Gasteiger partial charge in [-0.05, 0) is 26.0 Å². The van der Waals surface area contributed by atoms with E-state index in [1.165, 1.54) is 11.8 Å². The van der Waals surface area contributed by atoms with Crippen molar-refractivity contribution in [1.82, 2.24) is 10.2 Å². The molecule has 1 aromatic rings. The number of thioether (sulfide) groups is 1. The van der Waals surface area contributed by atoms with Gasteiger partial charge in [-0.1, -0.05) is 23.7 Å². The first-order valence-corrected chi connectivity index (χ1v) is 7.75. The quantitative estimate of drug-likeness (QED) is 0.870. The Morgan fingerprint density at radius 1 is 1.45 bits per heavy atom. The summed E-state index contributed by atoms with van der Waals surface area (Å²) < 4.78 is 0. The van der Waals surface area contributed by atoms with Gasteiger partial charge in [0.2, 0.25) is 11.8 Å². The number of piperazine rings is 1. The molecule has 0 aliphatic carbocycles. The lowest BCUT2D eigenvalue weighted by atomic mass is 9.99. The molecule has 2 rings (SSSR count). The molecule has 0 radical (unpaired) electrons. The monoisotopic (exact) mass is 312 g/mol. The maximum atomic E-state index is 12.3. The molecule has 0 bridgehead atoms. The summed E-state index contributed by atoms with van der Waals surface area (Å²) in [5.41, 5.74) is -0.795. The molecule has 1 fully saturated rings. The van der Waals surface area contributed by atoms with Crippen LogP contribution in [0.5, 0.6) is 0 Å². The summed E-state index contributed by atoms with van der Waals surface area (Å²) in [5.74, 6) is 0.120. The lowest BCUT2D eigenvalue weighted by molar-refractivity contribution is -0.147. The molecule has 1 aromatic carbocycles. The van der Waals surface area contributed by atoms with Gasteiger partial charge in [-0.3, -0.25) is 9.59 Å². The Morgan fingerprint density at radius 3 is 2.85 bits per heavy atom. The van der Waals surface area contributed by atoms with Crippen molar-refractivity contribution in [2.75, 3.05) is 18.8 Å². The molecule has 0 aromatic heterocycles. The summed E-state index contributed by atoms with van der Waals surface area (Å²) in [5, 5.41) is 3.42. The van der Waals surface area contributed by atoms with Gasteiger partial charge in [-0.25, -0.2) is 0 Å². The van der Waals surface area contributed by atoms with Gasteiger partial charge >= 0.3 is 0 Å². The van der Waals surface area contributed by atoms with E-state index in [1.54, 1.807) is 24.8 Å². The lowest BCUT2D eigenvalue weighted by Crippen LogP contribution is -2.63. The molecule has 2 amide bonds. The highest BCUT2D eigenvalue weighted by Gasteiger charge is 2.40. The molecule has 0 spiro atoms. The molecule has 0 saturated carbocycles. The Kier molecular flexibility index (Phi) is 4.60. The van der Waals surface area contributed by atoms with E-state index >= 15 is 0 Å². The molecule has 1 N–H and O–H groups in total. The first-order valence-electron chi connectivity index (χ1n) is 6.39. The van der Waals surface area contributed by atoms with Crippen LogP contribution >= 0.6 is 23.4 Å². The molecule has 1 aliphatic heterocycles. The minimum absolute atomic E-state index is 0.0465. The minimum Gasteiger partial charge on any atom is -0.352 e. The van der Waals surface area contributed by atoms with E-state index in [0.29, 0.717) is 18.1 Å². The van der Waals surface area contributed by atoms with Crippen molar-refractivity contribution >= 4 is 35.2 Å². The van der Waals surface area contributed by atoms with E-state index in [1.807, 2.05) is 18.2 Å². The van der Waals surface area contributed by atoms with Crippen LogP contribution in [0.1, 0.15) is 13.8 Å². The molecule has 1 heterocycles. The number of nitrogens with zero attached hydrogens (tertiary/aromatic N) is 1. The van der Waals surface area contributed by atoms with Gasteiger partial charge in [0.1, 0.15) is 5.54 Å². The van der Waals surface area contributed by atoms with E-state index in [2.05, 4.69) is 5.32 Å². The predicted molar refractivity (Wildman–Crippen MR) is 81.0 cm³/mol. The normalized spacial score (nSPS) is 17.8. The summed E-state index contributed by atoms with van der Waals surface area (Å²) in [4.78, 5) is 26.7. The SMILES string of the molecule is CC1(C)C(=O)NCCN1C(=O)CSc1ccccc1Cl. The van der Waals surface area contributed by atoms with Gasteiger partial charge in [0.15, 0.2) is 0 Å². The van der Waals surface area contributed by atoms with Gasteiger partial charge in [0, 0.05) is 18.0 Å². The van der Waals surface area contributed by atoms with Crippen molar-refractivity contribution in [3.05, 3.63) is 29.3 Å². The number of hydrogen-bond donors (Lipinski definition) is 1. The smallest absolute Gasteiger partial charge is 0.245 e. The number of hydrogen-bond acceptors (Lipinski definition) is 3. The van der Waals surface area contributed by atoms with Crippen LogP contribution in [0.25, 0.3) is 0 Å². The van der Waals surface area contributed by atoms with Gasteiger partial charge in [-0.15, -0.1) is 11.8 Å². The van der Waals surface area contributed by atoms with Crippen molar-refractivity contribution in [3.8, 4) is 0 Å². The molecule has 108 valence electrons. The van der Waals surface area contributed by atoms with Crippen LogP contribution in [0.4, 0.5) is 0 Å².